The van der Waals surface area contributed by atoms with Crippen LogP contribution in [-0.4, -0.2) is 70.4 Å². The minimum Gasteiger partial charge on any atom is -0.339 e. The first-order valence-electron chi connectivity index (χ1n) is 8.92. The van der Waals surface area contributed by atoms with E-state index in [4.69, 9.17) is 0 Å². The van der Waals surface area contributed by atoms with Gasteiger partial charge in [-0.25, -0.2) is 0 Å². The number of carbonyl (C=O) groups is 3. The molecule has 0 spiro atoms. The third-order valence-corrected chi connectivity index (χ3v) is 5.76. The van der Waals surface area contributed by atoms with Gasteiger partial charge in [-0.2, -0.15) is 5.10 Å². The van der Waals surface area contributed by atoms with Gasteiger partial charge in [-0.1, -0.05) is 15.9 Å². The van der Waals surface area contributed by atoms with Crippen LogP contribution in [0.2, 0.25) is 0 Å². The molecule has 2 saturated heterocycles. The Morgan fingerprint density at radius 3 is 2.59 bits per heavy atom. The minimum atomic E-state index is -0.372. The van der Waals surface area contributed by atoms with E-state index >= 15 is 0 Å². The van der Waals surface area contributed by atoms with Crippen molar-refractivity contribution in [3.63, 3.8) is 0 Å². The summed E-state index contributed by atoms with van der Waals surface area (Å²) in [5.74, 6) is 0.118. The van der Waals surface area contributed by atoms with Crippen molar-refractivity contribution in [3.8, 4) is 0 Å². The number of benzene rings is 1. The van der Waals surface area contributed by atoms with Crippen LogP contribution < -0.4 is 4.90 Å². The van der Waals surface area contributed by atoms with Gasteiger partial charge in [0.1, 0.15) is 0 Å². The molecule has 1 aromatic carbocycles. The molecule has 1 aromatic heterocycles. The van der Waals surface area contributed by atoms with E-state index in [-0.39, 0.29) is 30.1 Å². The van der Waals surface area contributed by atoms with Gasteiger partial charge >= 0.3 is 0 Å². The Kier molecular flexibility index (Phi) is 4.63. The van der Waals surface area contributed by atoms with Gasteiger partial charge in [-0.3, -0.25) is 24.4 Å². The number of aromatic amines is 1. The van der Waals surface area contributed by atoms with Crippen molar-refractivity contribution in [2.24, 2.45) is 5.92 Å². The monoisotopic (exact) mass is 433 g/mol. The van der Waals surface area contributed by atoms with Crippen LogP contribution >= 0.6 is 15.9 Å². The Morgan fingerprint density at radius 2 is 1.89 bits per heavy atom. The molecule has 142 valence electrons. The fourth-order valence-electron chi connectivity index (χ4n) is 3.76. The van der Waals surface area contributed by atoms with Crippen LogP contribution in [0.1, 0.15) is 13.3 Å². The topological polar surface area (TPSA) is 89.6 Å². The standard InChI is InChI=1S/C18H20BrN5O3/c1-11(25)22-4-6-23(7-5-22)18(27)12-8-16(26)24(10-12)17-14-3-2-13(19)9-15(14)20-21-17/h2-3,9,12H,4-8,10H2,1H3,(H,20,21)/t12-/m0/s1. The second-order valence-electron chi connectivity index (χ2n) is 6.97. The van der Waals surface area contributed by atoms with E-state index in [1.807, 2.05) is 18.2 Å². The predicted molar refractivity (Wildman–Crippen MR) is 103 cm³/mol. The molecule has 1 N–H and O–H groups in total. The molecular formula is C18H20BrN5O3. The van der Waals surface area contributed by atoms with E-state index in [9.17, 15) is 14.4 Å². The predicted octanol–water partition coefficient (Wildman–Crippen LogP) is 1.37. The summed E-state index contributed by atoms with van der Waals surface area (Å²) in [6.07, 6.45) is 0.191. The highest BCUT2D eigenvalue weighted by molar-refractivity contribution is 9.10. The molecule has 1 atom stereocenters. The lowest BCUT2D eigenvalue weighted by atomic mass is 10.1. The van der Waals surface area contributed by atoms with Crippen molar-refractivity contribution < 1.29 is 14.4 Å². The Morgan fingerprint density at radius 1 is 1.19 bits per heavy atom. The van der Waals surface area contributed by atoms with Crippen molar-refractivity contribution in [2.75, 3.05) is 37.6 Å². The van der Waals surface area contributed by atoms with Gasteiger partial charge in [0.25, 0.3) is 0 Å². The normalized spacial score (nSPS) is 20.6. The van der Waals surface area contributed by atoms with Crippen LogP contribution in [0.3, 0.4) is 0 Å². The quantitative estimate of drug-likeness (QED) is 0.774. The van der Waals surface area contributed by atoms with Gasteiger partial charge < -0.3 is 9.80 Å². The number of rotatable bonds is 2. The molecule has 0 aliphatic carbocycles. The molecule has 27 heavy (non-hydrogen) atoms. The van der Waals surface area contributed by atoms with Gasteiger partial charge in [-0.05, 0) is 18.2 Å². The Hall–Kier alpha value is -2.42. The summed E-state index contributed by atoms with van der Waals surface area (Å²) in [5, 5.41) is 8.09. The van der Waals surface area contributed by atoms with Gasteiger partial charge in [0.15, 0.2) is 5.82 Å². The summed E-state index contributed by atoms with van der Waals surface area (Å²) in [6, 6.07) is 5.71. The van der Waals surface area contributed by atoms with Crippen LogP contribution in [0.25, 0.3) is 10.9 Å². The number of hydrogen-bond acceptors (Lipinski definition) is 4. The molecule has 2 aliphatic heterocycles. The van der Waals surface area contributed by atoms with E-state index in [1.165, 1.54) is 6.92 Å². The molecule has 0 saturated carbocycles. The van der Waals surface area contributed by atoms with Crippen LogP contribution in [0.5, 0.6) is 0 Å². The second kappa shape index (κ2) is 6.95. The van der Waals surface area contributed by atoms with Crippen molar-refractivity contribution in [2.45, 2.75) is 13.3 Å². The van der Waals surface area contributed by atoms with Crippen LogP contribution in [0.15, 0.2) is 22.7 Å². The molecule has 2 fully saturated rings. The first-order valence-corrected chi connectivity index (χ1v) is 9.71. The number of halogens is 1. The third-order valence-electron chi connectivity index (χ3n) is 5.27. The van der Waals surface area contributed by atoms with Crippen LogP contribution in [0.4, 0.5) is 5.82 Å². The van der Waals surface area contributed by atoms with Gasteiger partial charge in [0.05, 0.1) is 11.4 Å². The van der Waals surface area contributed by atoms with Crippen LogP contribution in [-0.2, 0) is 14.4 Å². The molecule has 2 aromatic rings. The van der Waals surface area contributed by atoms with Gasteiger partial charge in [0.2, 0.25) is 17.7 Å². The first kappa shape index (κ1) is 18.0. The van der Waals surface area contributed by atoms with E-state index in [0.29, 0.717) is 38.5 Å². The van der Waals surface area contributed by atoms with E-state index in [1.54, 1.807) is 14.7 Å². The maximum atomic E-state index is 12.9. The SMILES string of the molecule is CC(=O)N1CCN(C(=O)[C@H]2CC(=O)N(c3n[nH]c4cc(Br)ccc34)C2)CC1. The molecule has 8 nitrogen and oxygen atoms in total. The maximum Gasteiger partial charge on any atom is 0.229 e. The zero-order valence-corrected chi connectivity index (χ0v) is 16.5. The summed E-state index contributed by atoms with van der Waals surface area (Å²) in [5.41, 5.74) is 0.835. The fraction of sp³-hybridized carbons (Fsp3) is 0.444. The average Bonchev–Trinajstić information content (AvgIpc) is 3.23. The number of carbonyl (C=O) groups excluding carboxylic acids is 3. The molecule has 0 radical (unpaired) electrons. The van der Waals surface area contributed by atoms with Crippen molar-refractivity contribution >= 4 is 50.4 Å². The number of fused-ring (bicyclic) bond motifs is 1. The number of aromatic nitrogens is 2. The summed E-state index contributed by atoms with van der Waals surface area (Å²) < 4.78 is 0.927. The fourth-order valence-corrected chi connectivity index (χ4v) is 4.12. The largest absolute Gasteiger partial charge is 0.339 e. The Labute approximate surface area is 164 Å². The highest BCUT2D eigenvalue weighted by Gasteiger charge is 2.39. The number of H-pyrrole nitrogens is 1. The number of nitrogens with zero attached hydrogens (tertiary/aromatic N) is 4. The van der Waals surface area contributed by atoms with Gasteiger partial charge in [-0.15, -0.1) is 0 Å². The molecule has 0 bridgehead atoms. The Balaban J connectivity index is 1.47. The number of amides is 3. The van der Waals surface area contributed by atoms with Crippen molar-refractivity contribution in [3.05, 3.63) is 22.7 Å². The number of hydrogen-bond donors (Lipinski definition) is 1. The molecule has 9 heteroatoms. The highest BCUT2D eigenvalue weighted by Crippen LogP contribution is 2.31. The minimum absolute atomic E-state index is 0.0170. The van der Waals surface area contributed by atoms with Crippen LogP contribution in [0, 0.1) is 5.92 Å². The maximum absolute atomic E-state index is 12.9. The molecular weight excluding hydrogens is 414 g/mol. The molecule has 3 amide bonds. The summed E-state index contributed by atoms with van der Waals surface area (Å²) >= 11 is 3.42. The number of piperazine rings is 1. The average molecular weight is 434 g/mol. The summed E-state index contributed by atoms with van der Waals surface area (Å²) in [4.78, 5) is 42.0. The van der Waals surface area contributed by atoms with E-state index < -0.39 is 0 Å². The smallest absolute Gasteiger partial charge is 0.229 e. The van der Waals surface area contributed by atoms with E-state index in [0.717, 1.165) is 15.4 Å². The number of anilines is 1. The zero-order valence-electron chi connectivity index (χ0n) is 14.9. The van der Waals surface area contributed by atoms with Gasteiger partial charge in [0, 0.05) is 55.9 Å². The second-order valence-corrected chi connectivity index (χ2v) is 7.89. The first-order chi connectivity index (χ1) is 12.9. The molecule has 3 heterocycles. The van der Waals surface area contributed by atoms with Crippen molar-refractivity contribution in [1.82, 2.24) is 20.0 Å². The lowest BCUT2D eigenvalue weighted by Crippen LogP contribution is -2.51. The lowest BCUT2D eigenvalue weighted by molar-refractivity contribution is -0.141. The Bertz CT molecular complexity index is 919. The third kappa shape index (κ3) is 3.31. The summed E-state index contributed by atoms with van der Waals surface area (Å²) in [7, 11) is 0. The molecule has 4 rings (SSSR count). The molecule has 0 unspecified atom stereocenters. The molecule has 2 aliphatic rings. The lowest BCUT2D eigenvalue weighted by Gasteiger charge is -2.35. The van der Waals surface area contributed by atoms with E-state index in [2.05, 4.69) is 26.1 Å². The van der Waals surface area contributed by atoms with Crippen molar-refractivity contribution in [1.29, 1.82) is 0 Å². The number of nitrogens with one attached hydrogen (secondary N) is 1. The highest BCUT2D eigenvalue weighted by atomic mass is 79.9. The zero-order chi connectivity index (χ0) is 19.1. The summed E-state index contributed by atoms with van der Waals surface area (Å²) in [6.45, 7) is 4.00.